The minimum atomic E-state index is -0.487. The van der Waals surface area contributed by atoms with Gasteiger partial charge in [-0.05, 0) is 61.4 Å². The fourth-order valence-corrected chi connectivity index (χ4v) is 5.46. The van der Waals surface area contributed by atoms with E-state index in [1.54, 1.807) is 6.07 Å². The fraction of sp³-hybridized carbons (Fsp3) is 0.148. The third kappa shape index (κ3) is 5.74. The van der Waals surface area contributed by atoms with Gasteiger partial charge in [-0.1, -0.05) is 53.4 Å². The number of aromatic nitrogens is 4. The number of hydrogen-bond donors (Lipinski definition) is 2. The van der Waals surface area contributed by atoms with Gasteiger partial charge in [0, 0.05) is 5.56 Å². The lowest BCUT2D eigenvalue weighted by Gasteiger charge is -2.14. The van der Waals surface area contributed by atoms with Gasteiger partial charge in [0.25, 0.3) is 5.91 Å². The van der Waals surface area contributed by atoms with Crippen molar-refractivity contribution in [2.75, 3.05) is 11.1 Å². The molecular weight excluding hydrogens is 523 g/mol. The van der Waals surface area contributed by atoms with E-state index in [1.807, 2.05) is 60.9 Å². The number of nitrogens with one attached hydrogen (secondary N) is 2. The van der Waals surface area contributed by atoms with Gasteiger partial charge >= 0.3 is 0 Å². The lowest BCUT2D eigenvalue weighted by molar-refractivity contribution is -0.113. The maximum absolute atomic E-state index is 13.6. The van der Waals surface area contributed by atoms with Crippen LogP contribution < -0.4 is 10.6 Å². The van der Waals surface area contributed by atoms with E-state index in [9.17, 15) is 14.0 Å². The molecule has 2 heterocycles. The molecule has 11 heteroatoms. The quantitative estimate of drug-likeness (QED) is 0.256. The third-order valence-corrected chi connectivity index (χ3v) is 7.55. The van der Waals surface area contributed by atoms with Crippen molar-refractivity contribution >= 4 is 50.3 Å². The van der Waals surface area contributed by atoms with E-state index in [1.165, 1.54) is 41.3 Å². The molecule has 2 N–H and O–H groups in total. The Morgan fingerprint density at radius 2 is 1.87 bits per heavy atom. The Kier molecular flexibility index (Phi) is 7.47. The zero-order chi connectivity index (χ0) is 26.6. The lowest BCUT2D eigenvalue weighted by atomic mass is 10.1. The number of amides is 2. The highest BCUT2D eigenvalue weighted by atomic mass is 32.2. The predicted molar refractivity (Wildman–Crippen MR) is 147 cm³/mol. The summed E-state index contributed by atoms with van der Waals surface area (Å²) in [4.78, 5) is 29.8. The molecule has 0 bridgehead atoms. The van der Waals surface area contributed by atoms with E-state index in [-0.39, 0.29) is 23.8 Å². The first kappa shape index (κ1) is 25.6. The van der Waals surface area contributed by atoms with Gasteiger partial charge < -0.3 is 10.6 Å². The number of halogens is 1. The van der Waals surface area contributed by atoms with Gasteiger partial charge in [-0.3, -0.25) is 14.2 Å². The van der Waals surface area contributed by atoms with Gasteiger partial charge in [-0.25, -0.2) is 9.37 Å². The first-order valence-electron chi connectivity index (χ1n) is 11.7. The van der Waals surface area contributed by atoms with Crippen LogP contribution in [-0.2, 0) is 11.3 Å². The average molecular weight is 547 g/mol. The van der Waals surface area contributed by atoms with Crippen LogP contribution in [0.3, 0.4) is 0 Å². The predicted octanol–water partition coefficient (Wildman–Crippen LogP) is 5.29. The van der Waals surface area contributed by atoms with Crippen LogP contribution in [-0.4, -0.2) is 37.3 Å². The maximum Gasteiger partial charge on any atom is 0.251 e. The number of fused-ring (bicyclic) bond motifs is 1. The third-order valence-electron chi connectivity index (χ3n) is 5.67. The minimum Gasteiger partial charge on any atom is -0.345 e. The molecule has 0 aliphatic heterocycles. The Bertz CT molecular complexity index is 1610. The number of nitrogens with zero attached hydrogens (tertiary/aromatic N) is 4. The Morgan fingerprint density at radius 3 is 2.68 bits per heavy atom. The minimum absolute atomic E-state index is 0.0637. The zero-order valence-electron chi connectivity index (χ0n) is 20.6. The molecular formula is C27H23FN6O2S2. The molecule has 0 saturated heterocycles. The van der Waals surface area contributed by atoms with E-state index in [0.717, 1.165) is 27.0 Å². The van der Waals surface area contributed by atoms with Crippen molar-refractivity contribution in [3.63, 3.8) is 0 Å². The standard InChI is InChI=1S/C27H23FN6O2S2/c1-16-10-11-17(2)21(12-16)34-23(14-29-25(36)18-6-5-7-19(28)13-18)32-33-27(34)37-15-24(35)31-26-30-20-8-3-4-9-22(20)38-26/h3-13H,14-15H2,1-2H3,(H,29,36)(H,30,31,35). The van der Waals surface area contributed by atoms with Crippen LogP contribution >= 0.6 is 23.1 Å². The summed E-state index contributed by atoms with van der Waals surface area (Å²) >= 11 is 2.65. The molecule has 5 aromatic rings. The van der Waals surface area contributed by atoms with Crippen LogP contribution in [0, 0.1) is 19.7 Å². The van der Waals surface area contributed by atoms with Crippen LogP contribution in [0.4, 0.5) is 9.52 Å². The van der Waals surface area contributed by atoms with E-state index in [0.29, 0.717) is 16.1 Å². The summed E-state index contributed by atoms with van der Waals surface area (Å²) in [6, 6.07) is 19.2. The molecule has 3 aromatic carbocycles. The highest BCUT2D eigenvalue weighted by Gasteiger charge is 2.19. The molecule has 2 amide bonds. The summed E-state index contributed by atoms with van der Waals surface area (Å²) in [5, 5.41) is 15.3. The Hall–Kier alpha value is -4.09. The van der Waals surface area contributed by atoms with Gasteiger partial charge in [0.1, 0.15) is 5.82 Å². The zero-order valence-corrected chi connectivity index (χ0v) is 22.2. The molecule has 38 heavy (non-hydrogen) atoms. The number of carbonyl (C=O) groups excluding carboxylic acids is 2. The fourth-order valence-electron chi connectivity index (χ4n) is 3.81. The Balaban J connectivity index is 1.35. The number of para-hydroxylation sites is 1. The molecule has 0 spiro atoms. The van der Waals surface area contributed by atoms with Gasteiger partial charge in [0.05, 0.1) is 28.2 Å². The molecule has 0 fully saturated rings. The summed E-state index contributed by atoms with van der Waals surface area (Å²) in [6.45, 7) is 4.02. The van der Waals surface area contributed by atoms with Gasteiger partial charge in [0.15, 0.2) is 16.1 Å². The van der Waals surface area contributed by atoms with Crippen LogP contribution in [0.2, 0.25) is 0 Å². The molecule has 0 aliphatic carbocycles. The molecule has 192 valence electrons. The number of rotatable bonds is 8. The van der Waals surface area contributed by atoms with Crippen LogP contribution in [0.5, 0.6) is 0 Å². The topological polar surface area (TPSA) is 102 Å². The molecule has 0 aliphatic rings. The average Bonchev–Trinajstić information content (AvgIpc) is 3.50. The van der Waals surface area contributed by atoms with Crippen molar-refractivity contribution in [2.24, 2.45) is 0 Å². The molecule has 0 radical (unpaired) electrons. The number of thiazole rings is 1. The van der Waals surface area contributed by atoms with E-state index < -0.39 is 11.7 Å². The highest BCUT2D eigenvalue weighted by molar-refractivity contribution is 7.99. The largest absolute Gasteiger partial charge is 0.345 e. The lowest BCUT2D eigenvalue weighted by Crippen LogP contribution is -2.25. The summed E-state index contributed by atoms with van der Waals surface area (Å²) in [5.74, 6) is -0.555. The van der Waals surface area contributed by atoms with Crippen LogP contribution in [0.25, 0.3) is 15.9 Å². The summed E-state index contributed by atoms with van der Waals surface area (Å²) in [7, 11) is 0. The van der Waals surface area contributed by atoms with Crippen molar-refractivity contribution in [3.05, 3.63) is 95.1 Å². The molecule has 5 rings (SSSR count). The second-order valence-corrected chi connectivity index (χ2v) is 10.5. The highest BCUT2D eigenvalue weighted by Crippen LogP contribution is 2.27. The summed E-state index contributed by atoms with van der Waals surface area (Å²) in [5.41, 5.74) is 3.91. The number of aryl methyl sites for hydroxylation is 2. The number of hydrogen-bond acceptors (Lipinski definition) is 7. The normalized spacial score (nSPS) is 11.0. The van der Waals surface area contributed by atoms with Crippen molar-refractivity contribution in [2.45, 2.75) is 25.5 Å². The first-order chi connectivity index (χ1) is 18.4. The van der Waals surface area contributed by atoms with Crippen molar-refractivity contribution < 1.29 is 14.0 Å². The number of anilines is 1. The van der Waals surface area contributed by atoms with Gasteiger partial charge in [-0.15, -0.1) is 10.2 Å². The molecule has 2 aromatic heterocycles. The number of benzene rings is 3. The van der Waals surface area contributed by atoms with E-state index in [4.69, 9.17) is 0 Å². The number of carbonyl (C=O) groups is 2. The van der Waals surface area contributed by atoms with E-state index in [2.05, 4.69) is 25.8 Å². The van der Waals surface area contributed by atoms with E-state index >= 15 is 0 Å². The maximum atomic E-state index is 13.6. The molecule has 8 nitrogen and oxygen atoms in total. The Labute approximate surface area is 226 Å². The SMILES string of the molecule is Cc1ccc(C)c(-n2c(CNC(=O)c3cccc(F)c3)nnc2SCC(=O)Nc2nc3ccccc3s2)c1. The second-order valence-electron chi connectivity index (χ2n) is 8.54. The molecule has 0 saturated carbocycles. The monoisotopic (exact) mass is 546 g/mol. The van der Waals surface area contributed by atoms with Crippen molar-refractivity contribution in [1.29, 1.82) is 0 Å². The summed E-state index contributed by atoms with van der Waals surface area (Å²) in [6.07, 6.45) is 0. The van der Waals surface area contributed by atoms with Crippen molar-refractivity contribution in [1.82, 2.24) is 25.1 Å². The Morgan fingerprint density at radius 1 is 1.03 bits per heavy atom. The van der Waals surface area contributed by atoms with Crippen LogP contribution in [0.15, 0.2) is 71.9 Å². The number of thioether (sulfide) groups is 1. The van der Waals surface area contributed by atoms with Crippen LogP contribution in [0.1, 0.15) is 27.3 Å². The second kappa shape index (κ2) is 11.1. The smallest absolute Gasteiger partial charge is 0.251 e. The van der Waals surface area contributed by atoms with Gasteiger partial charge in [-0.2, -0.15) is 0 Å². The molecule has 0 unspecified atom stereocenters. The van der Waals surface area contributed by atoms with Gasteiger partial charge in [0.2, 0.25) is 5.91 Å². The van der Waals surface area contributed by atoms with Crippen molar-refractivity contribution in [3.8, 4) is 5.69 Å². The molecule has 0 atom stereocenters. The summed E-state index contributed by atoms with van der Waals surface area (Å²) < 4.78 is 16.4. The first-order valence-corrected chi connectivity index (χ1v) is 13.5.